The summed E-state index contributed by atoms with van der Waals surface area (Å²) in [7, 11) is 0. The van der Waals surface area contributed by atoms with Crippen LogP contribution >= 0.6 is 27.5 Å². The SMILES string of the molecule is Clc1ccc(-c2cccc(Br)c2)cc1CNC1CC1. The van der Waals surface area contributed by atoms with Gasteiger partial charge in [0.1, 0.15) is 0 Å². The van der Waals surface area contributed by atoms with Gasteiger partial charge in [0.25, 0.3) is 0 Å². The van der Waals surface area contributed by atoms with Crippen molar-refractivity contribution in [3.05, 3.63) is 57.5 Å². The van der Waals surface area contributed by atoms with E-state index >= 15 is 0 Å². The number of hydrogen-bond acceptors (Lipinski definition) is 1. The predicted molar refractivity (Wildman–Crippen MR) is 84.4 cm³/mol. The van der Waals surface area contributed by atoms with Crippen LogP contribution in [0.5, 0.6) is 0 Å². The first-order valence-corrected chi connectivity index (χ1v) is 7.67. The highest BCUT2D eigenvalue weighted by Gasteiger charge is 2.20. The lowest BCUT2D eigenvalue weighted by molar-refractivity contribution is 0.688. The maximum absolute atomic E-state index is 6.27. The topological polar surface area (TPSA) is 12.0 Å². The first-order chi connectivity index (χ1) is 9.22. The molecule has 0 aliphatic heterocycles. The van der Waals surface area contributed by atoms with Crippen LogP contribution in [0.25, 0.3) is 11.1 Å². The van der Waals surface area contributed by atoms with Crippen LogP contribution in [0.3, 0.4) is 0 Å². The standard InChI is InChI=1S/C16H15BrClN/c17-14-3-1-2-11(9-14)12-4-7-16(18)13(8-12)10-19-15-5-6-15/h1-4,7-9,15,19H,5-6,10H2. The summed E-state index contributed by atoms with van der Waals surface area (Å²) in [5.41, 5.74) is 3.59. The molecule has 19 heavy (non-hydrogen) atoms. The monoisotopic (exact) mass is 335 g/mol. The molecule has 2 aromatic carbocycles. The van der Waals surface area contributed by atoms with Gasteiger partial charge in [-0.15, -0.1) is 0 Å². The van der Waals surface area contributed by atoms with E-state index in [1.807, 2.05) is 12.1 Å². The Morgan fingerprint density at radius 3 is 2.63 bits per heavy atom. The van der Waals surface area contributed by atoms with E-state index in [0.717, 1.165) is 16.0 Å². The third-order valence-electron chi connectivity index (χ3n) is 3.36. The molecule has 3 rings (SSSR count). The van der Waals surface area contributed by atoms with Gasteiger partial charge in [0.15, 0.2) is 0 Å². The first kappa shape index (κ1) is 13.2. The van der Waals surface area contributed by atoms with E-state index < -0.39 is 0 Å². The molecule has 2 aromatic rings. The van der Waals surface area contributed by atoms with Gasteiger partial charge < -0.3 is 5.32 Å². The molecule has 1 saturated carbocycles. The average Bonchev–Trinajstić information content (AvgIpc) is 3.22. The van der Waals surface area contributed by atoms with Crippen molar-refractivity contribution >= 4 is 27.5 Å². The minimum Gasteiger partial charge on any atom is -0.310 e. The van der Waals surface area contributed by atoms with Crippen molar-refractivity contribution in [2.45, 2.75) is 25.4 Å². The molecule has 1 aliphatic rings. The highest BCUT2D eigenvalue weighted by Crippen LogP contribution is 2.28. The quantitative estimate of drug-likeness (QED) is 0.826. The summed E-state index contributed by atoms with van der Waals surface area (Å²) in [6, 6.07) is 15.3. The van der Waals surface area contributed by atoms with E-state index in [4.69, 9.17) is 11.6 Å². The smallest absolute Gasteiger partial charge is 0.0451 e. The van der Waals surface area contributed by atoms with Crippen molar-refractivity contribution in [2.24, 2.45) is 0 Å². The second kappa shape index (κ2) is 5.66. The fourth-order valence-corrected chi connectivity index (χ4v) is 2.68. The molecule has 0 aromatic heterocycles. The molecule has 0 bridgehead atoms. The molecule has 0 heterocycles. The average molecular weight is 337 g/mol. The van der Waals surface area contributed by atoms with Crippen LogP contribution in [0, 0.1) is 0 Å². The summed E-state index contributed by atoms with van der Waals surface area (Å²) in [5.74, 6) is 0. The zero-order valence-corrected chi connectivity index (χ0v) is 12.8. The number of nitrogens with one attached hydrogen (secondary N) is 1. The van der Waals surface area contributed by atoms with E-state index in [1.165, 1.54) is 29.5 Å². The van der Waals surface area contributed by atoms with Gasteiger partial charge in [-0.05, 0) is 53.8 Å². The van der Waals surface area contributed by atoms with Crippen molar-refractivity contribution in [1.29, 1.82) is 0 Å². The number of halogens is 2. The Balaban J connectivity index is 1.87. The maximum atomic E-state index is 6.27. The Hall–Kier alpha value is -0.830. The van der Waals surface area contributed by atoms with E-state index in [2.05, 4.69) is 51.6 Å². The van der Waals surface area contributed by atoms with Crippen LogP contribution in [0.2, 0.25) is 5.02 Å². The molecule has 0 unspecified atom stereocenters. The van der Waals surface area contributed by atoms with Crippen molar-refractivity contribution in [1.82, 2.24) is 5.32 Å². The normalized spacial score (nSPS) is 14.6. The summed E-state index contributed by atoms with van der Waals surface area (Å²) in [6.07, 6.45) is 2.59. The molecule has 0 radical (unpaired) electrons. The summed E-state index contributed by atoms with van der Waals surface area (Å²) in [5, 5.41) is 4.35. The van der Waals surface area contributed by atoms with Gasteiger partial charge in [-0.3, -0.25) is 0 Å². The van der Waals surface area contributed by atoms with Crippen molar-refractivity contribution in [3.63, 3.8) is 0 Å². The van der Waals surface area contributed by atoms with Gasteiger partial charge in [-0.1, -0.05) is 45.7 Å². The third-order valence-corrected chi connectivity index (χ3v) is 4.22. The number of hydrogen-bond donors (Lipinski definition) is 1. The second-order valence-corrected chi connectivity index (χ2v) is 6.29. The molecule has 0 amide bonds. The summed E-state index contributed by atoms with van der Waals surface area (Å²) in [6.45, 7) is 0.853. The van der Waals surface area contributed by atoms with E-state index in [0.29, 0.717) is 6.04 Å². The molecule has 0 spiro atoms. The minimum atomic E-state index is 0.700. The maximum Gasteiger partial charge on any atom is 0.0451 e. The molecule has 1 fully saturated rings. The van der Waals surface area contributed by atoms with Gasteiger partial charge in [-0.25, -0.2) is 0 Å². The zero-order valence-electron chi connectivity index (χ0n) is 10.5. The minimum absolute atomic E-state index is 0.700. The molecule has 3 heteroatoms. The molecule has 0 atom stereocenters. The lowest BCUT2D eigenvalue weighted by atomic mass is 10.0. The van der Waals surface area contributed by atoms with Crippen LogP contribution in [0.4, 0.5) is 0 Å². The van der Waals surface area contributed by atoms with E-state index in [-0.39, 0.29) is 0 Å². The Bertz CT molecular complexity index is 593. The van der Waals surface area contributed by atoms with Gasteiger partial charge >= 0.3 is 0 Å². The Kier molecular flexibility index (Phi) is 3.92. The molecule has 1 aliphatic carbocycles. The highest BCUT2D eigenvalue weighted by molar-refractivity contribution is 9.10. The second-order valence-electron chi connectivity index (χ2n) is 4.97. The van der Waals surface area contributed by atoms with Crippen LogP contribution in [0.1, 0.15) is 18.4 Å². The van der Waals surface area contributed by atoms with Gasteiger partial charge in [-0.2, -0.15) is 0 Å². The molecule has 98 valence electrons. The molecule has 1 nitrogen and oxygen atoms in total. The molecule has 0 saturated heterocycles. The van der Waals surface area contributed by atoms with Crippen LogP contribution in [-0.2, 0) is 6.54 Å². The van der Waals surface area contributed by atoms with Gasteiger partial charge in [0, 0.05) is 22.1 Å². The molecular formula is C16H15BrClN. The van der Waals surface area contributed by atoms with E-state index in [1.54, 1.807) is 0 Å². The largest absolute Gasteiger partial charge is 0.310 e. The van der Waals surface area contributed by atoms with Crippen LogP contribution in [-0.4, -0.2) is 6.04 Å². The first-order valence-electron chi connectivity index (χ1n) is 6.50. The van der Waals surface area contributed by atoms with Crippen molar-refractivity contribution in [3.8, 4) is 11.1 Å². The summed E-state index contributed by atoms with van der Waals surface area (Å²) in [4.78, 5) is 0. The van der Waals surface area contributed by atoms with Crippen LogP contribution in [0.15, 0.2) is 46.9 Å². The number of rotatable bonds is 4. The highest BCUT2D eigenvalue weighted by atomic mass is 79.9. The summed E-state index contributed by atoms with van der Waals surface area (Å²) >= 11 is 9.78. The van der Waals surface area contributed by atoms with Crippen molar-refractivity contribution < 1.29 is 0 Å². The lowest BCUT2D eigenvalue weighted by Crippen LogP contribution is -2.15. The lowest BCUT2D eigenvalue weighted by Gasteiger charge is -2.09. The Morgan fingerprint density at radius 1 is 1.11 bits per heavy atom. The Labute approximate surface area is 127 Å². The third kappa shape index (κ3) is 3.38. The summed E-state index contributed by atoms with van der Waals surface area (Å²) < 4.78 is 1.10. The zero-order chi connectivity index (χ0) is 13.2. The van der Waals surface area contributed by atoms with E-state index in [9.17, 15) is 0 Å². The van der Waals surface area contributed by atoms with Gasteiger partial charge in [0.2, 0.25) is 0 Å². The fourth-order valence-electron chi connectivity index (χ4n) is 2.10. The molecular weight excluding hydrogens is 322 g/mol. The van der Waals surface area contributed by atoms with Gasteiger partial charge in [0.05, 0.1) is 0 Å². The van der Waals surface area contributed by atoms with Crippen LogP contribution < -0.4 is 5.32 Å². The fraction of sp³-hybridized carbons (Fsp3) is 0.250. The predicted octanol–water partition coefficient (Wildman–Crippen LogP) is 5.02. The Morgan fingerprint density at radius 2 is 1.89 bits per heavy atom. The molecule has 1 N–H and O–H groups in total. The number of benzene rings is 2. The van der Waals surface area contributed by atoms with Crippen molar-refractivity contribution in [2.75, 3.05) is 0 Å².